The number of rotatable bonds is 7. The summed E-state index contributed by atoms with van der Waals surface area (Å²) in [5, 5.41) is 11.2. The van der Waals surface area contributed by atoms with Crippen molar-refractivity contribution in [1.82, 2.24) is 40.1 Å². The SMILES string of the molecule is O=C(N[C@H](Cc1ccc2c(c1)CCCC2)C(=O)N1CCC(N2CCNCC2)CC1)N1CCC(n2nc(-c3ccccc3)[nH]c2=O)CC1. The fraction of sp³-hybridized carbons (Fsp3) is 0.556. The highest BCUT2D eigenvalue weighted by molar-refractivity contribution is 5.87. The number of aromatic amines is 1. The van der Waals surface area contributed by atoms with Crippen molar-refractivity contribution >= 4 is 11.9 Å². The van der Waals surface area contributed by atoms with Crippen molar-refractivity contribution in [3.05, 3.63) is 75.7 Å². The molecule has 3 amide bonds. The topological polar surface area (TPSA) is 119 Å². The fourth-order valence-corrected chi connectivity index (χ4v) is 7.93. The van der Waals surface area contributed by atoms with Crippen molar-refractivity contribution in [2.24, 2.45) is 0 Å². The van der Waals surface area contributed by atoms with Gasteiger partial charge in [-0.25, -0.2) is 14.3 Å². The zero-order valence-corrected chi connectivity index (χ0v) is 27.3. The van der Waals surface area contributed by atoms with Gasteiger partial charge in [0.05, 0.1) is 6.04 Å². The van der Waals surface area contributed by atoms with E-state index in [4.69, 9.17) is 0 Å². The molecule has 1 atom stereocenters. The van der Waals surface area contributed by atoms with Crippen molar-refractivity contribution in [2.45, 2.75) is 75.9 Å². The molecular formula is C36H48N8O3. The van der Waals surface area contributed by atoms with Crippen molar-refractivity contribution in [2.75, 3.05) is 52.4 Å². The van der Waals surface area contributed by atoms with Gasteiger partial charge in [0.1, 0.15) is 6.04 Å². The minimum atomic E-state index is -0.625. The van der Waals surface area contributed by atoms with Crippen LogP contribution in [0.1, 0.15) is 61.3 Å². The Morgan fingerprint density at radius 2 is 1.51 bits per heavy atom. The summed E-state index contributed by atoms with van der Waals surface area (Å²) in [6.07, 6.45) is 8.29. The maximum Gasteiger partial charge on any atom is 0.343 e. The van der Waals surface area contributed by atoms with E-state index in [0.717, 1.165) is 76.1 Å². The van der Waals surface area contributed by atoms with Crippen LogP contribution in [0.4, 0.5) is 4.79 Å². The average molecular weight is 641 g/mol. The number of amides is 3. The zero-order chi connectivity index (χ0) is 32.2. The molecule has 4 heterocycles. The normalized spacial score (nSPS) is 20.5. The molecule has 3 aliphatic heterocycles. The molecule has 3 saturated heterocycles. The van der Waals surface area contributed by atoms with E-state index in [2.05, 4.69) is 43.8 Å². The second kappa shape index (κ2) is 14.4. The number of fused-ring (bicyclic) bond motifs is 1. The van der Waals surface area contributed by atoms with Gasteiger partial charge in [0.15, 0.2) is 5.82 Å². The van der Waals surface area contributed by atoms with E-state index < -0.39 is 6.04 Å². The summed E-state index contributed by atoms with van der Waals surface area (Å²) in [7, 11) is 0. The largest absolute Gasteiger partial charge is 0.343 e. The molecule has 11 heteroatoms. The Labute approximate surface area is 276 Å². The van der Waals surface area contributed by atoms with Crippen LogP contribution in [0.3, 0.4) is 0 Å². The van der Waals surface area contributed by atoms with Crippen LogP contribution in [-0.4, -0.2) is 106 Å². The van der Waals surface area contributed by atoms with Crippen LogP contribution < -0.4 is 16.3 Å². The summed E-state index contributed by atoms with van der Waals surface area (Å²) in [4.78, 5) is 49.8. The van der Waals surface area contributed by atoms with Gasteiger partial charge in [-0.1, -0.05) is 48.5 Å². The first kappa shape index (κ1) is 31.6. The van der Waals surface area contributed by atoms with Crippen LogP contribution in [0.15, 0.2) is 53.3 Å². The number of hydrogen-bond donors (Lipinski definition) is 3. The lowest BCUT2D eigenvalue weighted by molar-refractivity contribution is -0.134. The zero-order valence-electron chi connectivity index (χ0n) is 27.3. The number of benzene rings is 2. The lowest BCUT2D eigenvalue weighted by Gasteiger charge is -2.41. The number of likely N-dealkylation sites (tertiary alicyclic amines) is 2. The molecule has 0 unspecified atom stereocenters. The van der Waals surface area contributed by atoms with Gasteiger partial charge in [-0.05, 0) is 68.1 Å². The van der Waals surface area contributed by atoms with Crippen molar-refractivity contribution < 1.29 is 9.59 Å². The van der Waals surface area contributed by atoms with Crippen LogP contribution in [0, 0.1) is 0 Å². The Morgan fingerprint density at radius 1 is 0.830 bits per heavy atom. The molecule has 7 rings (SSSR count). The van der Waals surface area contributed by atoms with E-state index in [1.54, 1.807) is 4.90 Å². The lowest BCUT2D eigenvalue weighted by Crippen LogP contribution is -2.57. The maximum atomic E-state index is 14.1. The maximum absolute atomic E-state index is 14.1. The van der Waals surface area contributed by atoms with Gasteiger partial charge >= 0.3 is 11.7 Å². The van der Waals surface area contributed by atoms with Crippen LogP contribution in [0.25, 0.3) is 11.4 Å². The van der Waals surface area contributed by atoms with Crippen LogP contribution in [0.2, 0.25) is 0 Å². The second-order valence-corrected chi connectivity index (χ2v) is 13.7. The number of H-pyrrole nitrogens is 1. The quantitative estimate of drug-likeness (QED) is 0.366. The molecule has 0 spiro atoms. The third-order valence-corrected chi connectivity index (χ3v) is 10.7. The van der Waals surface area contributed by atoms with Crippen molar-refractivity contribution in [3.63, 3.8) is 0 Å². The number of urea groups is 1. The van der Waals surface area contributed by atoms with E-state index in [-0.39, 0.29) is 23.7 Å². The van der Waals surface area contributed by atoms with Gasteiger partial charge in [-0.2, -0.15) is 0 Å². The minimum Gasteiger partial charge on any atom is -0.341 e. The molecule has 3 fully saturated rings. The first-order valence-corrected chi connectivity index (χ1v) is 17.7. The predicted molar refractivity (Wildman–Crippen MR) is 181 cm³/mol. The third-order valence-electron chi connectivity index (χ3n) is 10.7. The Hall–Kier alpha value is -3.96. The molecule has 1 aliphatic carbocycles. The van der Waals surface area contributed by atoms with E-state index in [0.29, 0.717) is 44.2 Å². The Morgan fingerprint density at radius 3 is 2.26 bits per heavy atom. The molecule has 0 radical (unpaired) electrons. The molecule has 2 aromatic carbocycles. The first-order chi connectivity index (χ1) is 23.0. The van der Waals surface area contributed by atoms with Gasteiger partial charge in [-0.3, -0.25) is 14.7 Å². The van der Waals surface area contributed by atoms with Crippen molar-refractivity contribution in [3.8, 4) is 11.4 Å². The van der Waals surface area contributed by atoms with Crippen LogP contribution >= 0.6 is 0 Å². The second-order valence-electron chi connectivity index (χ2n) is 13.7. The molecular weight excluding hydrogens is 592 g/mol. The summed E-state index contributed by atoms with van der Waals surface area (Å²) in [5.41, 5.74) is 4.53. The van der Waals surface area contributed by atoms with Gasteiger partial charge in [0.25, 0.3) is 0 Å². The number of hydrogen-bond acceptors (Lipinski definition) is 6. The number of nitrogens with one attached hydrogen (secondary N) is 3. The van der Waals surface area contributed by atoms with Crippen molar-refractivity contribution in [1.29, 1.82) is 0 Å². The Bertz CT molecular complexity index is 1580. The number of nitrogens with zero attached hydrogens (tertiary/aromatic N) is 5. The Kier molecular flexibility index (Phi) is 9.71. The van der Waals surface area contributed by atoms with Gasteiger partial charge in [0.2, 0.25) is 5.91 Å². The van der Waals surface area contributed by atoms with E-state index in [1.807, 2.05) is 35.2 Å². The monoisotopic (exact) mass is 640 g/mol. The van der Waals surface area contributed by atoms with E-state index in [9.17, 15) is 14.4 Å². The van der Waals surface area contributed by atoms with E-state index in [1.165, 1.54) is 28.7 Å². The fourth-order valence-electron chi connectivity index (χ4n) is 7.93. The lowest BCUT2D eigenvalue weighted by atomic mass is 9.89. The average Bonchev–Trinajstić information content (AvgIpc) is 3.53. The summed E-state index contributed by atoms with van der Waals surface area (Å²) < 4.78 is 1.53. The standard InChI is InChI=1S/C36H48N8O3/c45-34(42-18-12-30(13-19-42)41-22-16-37-17-23-41)32(25-26-10-11-27-6-4-5-9-29(27)24-26)38-35(46)43-20-14-31(15-21-43)44-36(47)39-33(40-44)28-7-2-1-3-8-28/h1-3,7-8,10-11,24,30-32,37H,4-6,9,12-23,25H2,(H,38,46)(H,39,40,47)/t32-/m1/s1. The number of carbonyl (C=O) groups excluding carboxylic acids is 2. The van der Waals surface area contributed by atoms with Gasteiger partial charge in [-0.15, -0.1) is 5.10 Å². The van der Waals surface area contributed by atoms with Crippen LogP contribution in [-0.2, 0) is 24.1 Å². The smallest absolute Gasteiger partial charge is 0.341 e. The first-order valence-electron chi connectivity index (χ1n) is 17.7. The summed E-state index contributed by atoms with van der Waals surface area (Å²) in [6.45, 7) is 6.61. The Balaban J connectivity index is 1.01. The van der Waals surface area contributed by atoms with E-state index >= 15 is 0 Å². The highest BCUT2D eigenvalue weighted by Gasteiger charge is 2.34. The summed E-state index contributed by atoms with van der Waals surface area (Å²) >= 11 is 0. The van der Waals surface area contributed by atoms with Gasteiger partial charge < -0.3 is 20.4 Å². The number of piperidine rings is 2. The molecule has 0 bridgehead atoms. The molecule has 1 aromatic heterocycles. The molecule has 11 nitrogen and oxygen atoms in total. The minimum absolute atomic E-state index is 0.0150. The predicted octanol–water partition coefficient (Wildman–Crippen LogP) is 2.97. The molecule has 3 N–H and O–H groups in total. The molecule has 250 valence electrons. The van der Waals surface area contributed by atoms with Crippen LogP contribution in [0.5, 0.6) is 0 Å². The highest BCUT2D eigenvalue weighted by Crippen LogP contribution is 2.25. The summed E-state index contributed by atoms with van der Waals surface area (Å²) in [5.74, 6) is 0.567. The highest BCUT2D eigenvalue weighted by atomic mass is 16.2. The number of aromatic nitrogens is 3. The molecule has 0 saturated carbocycles. The molecule has 47 heavy (non-hydrogen) atoms. The molecule has 4 aliphatic rings. The number of piperazine rings is 1. The summed E-state index contributed by atoms with van der Waals surface area (Å²) in [6, 6.07) is 15.8. The third kappa shape index (κ3) is 7.31. The molecule has 3 aromatic rings. The number of carbonyl (C=O) groups is 2. The number of aryl methyl sites for hydroxylation is 2. The van der Waals surface area contributed by atoms with Gasteiger partial charge in [0, 0.05) is 70.4 Å².